The van der Waals surface area contributed by atoms with Gasteiger partial charge in [-0.3, -0.25) is 0 Å². The Kier molecular flexibility index (Phi) is 2.88. The number of hydrogen-bond donors (Lipinski definition) is 0. The number of aromatic nitrogens is 2. The number of hydrogen-bond acceptors (Lipinski definition) is 3. The molecular formula is C16H14N2O. The quantitative estimate of drug-likeness (QED) is 0.689. The Labute approximate surface area is 111 Å². The Balaban J connectivity index is 2.03. The van der Waals surface area contributed by atoms with Crippen molar-refractivity contribution in [1.82, 2.24) is 10.1 Å². The normalized spacial score (nSPS) is 10.6. The Bertz CT molecular complexity index is 702. The van der Waals surface area contributed by atoms with Crippen LogP contribution in [0, 0.1) is 13.8 Å². The summed E-state index contributed by atoms with van der Waals surface area (Å²) in [6, 6.07) is 16.5. The van der Waals surface area contributed by atoms with E-state index in [1.54, 1.807) is 0 Å². The van der Waals surface area contributed by atoms with Crippen molar-refractivity contribution in [2.45, 2.75) is 13.8 Å². The molecule has 2 aromatic carbocycles. The standard InChI is InChI=1S/C16H14N2O/c1-11-10-14(16-17-12(2)18-19-16)8-9-15(11)13-6-4-3-5-7-13/h3-10H,1-2H3. The van der Waals surface area contributed by atoms with E-state index in [-0.39, 0.29) is 0 Å². The third kappa shape index (κ3) is 2.27. The van der Waals surface area contributed by atoms with Crippen molar-refractivity contribution in [2.24, 2.45) is 0 Å². The Morgan fingerprint density at radius 1 is 0.895 bits per heavy atom. The van der Waals surface area contributed by atoms with Crippen molar-refractivity contribution in [3.05, 3.63) is 59.9 Å². The summed E-state index contributed by atoms with van der Waals surface area (Å²) in [4.78, 5) is 4.25. The molecule has 0 unspecified atom stereocenters. The Morgan fingerprint density at radius 2 is 1.68 bits per heavy atom. The van der Waals surface area contributed by atoms with E-state index in [1.165, 1.54) is 16.7 Å². The zero-order valence-corrected chi connectivity index (χ0v) is 10.9. The highest BCUT2D eigenvalue weighted by Crippen LogP contribution is 2.27. The van der Waals surface area contributed by atoms with Crippen LogP contribution in [0.25, 0.3) is 22.6 Å². The highest BCUT2D eigenvalue weighted by atomic mass is 16.5. The van der Waals surface area contributed by atoms with Gasteiger partial charge >= 0.3 is 0 Å². The van der Waals surface area contributed by atoms with Crippen LogP contribution in [-0.4, -0.2) is 10.1 Å². The lowest BCUT2D eigenvalue weighted by molar-refractivity contribution is 0.425. The average molecular weight is 250 g/mol. The second-order valence-electron chi connectivity index (χ2n) is 4.54. The Morgan fingerprint density at radius 3 is 2.32 bits per heavy atom. The van der Waals surface area contributed by atoms with Crippen LogP contribution in [0.5, 0.6) is 0 Å². The highest BCUT2D eigenvalue weighted by molar-refractivity contribution is 5.70. The van der Waals surface area contributed by atoms with Crippen LogP contribution in [0.1, 0.15) is 11.4 Å². The lowest BCUT2D eigenvalue weighted by atomic mass is 9.98. The molecule has 3 heteroatoms. The Hall–Kier alpha value is -2.42. The molecule has 94 valence electrons. The molecular weight excluding hydrogens is 236 g/mol. The van der Waals surface area contributed by atoms with Crippen molar-refractivity contribution in [2.75, 3.05) is 0 Å². The monoisotopic (exact) mass is 250 g/mol. The van der Waals surface area contributed by atoms with Crippen LogP contribution in [0.2, 0.25) is 0 Å². The van der Waals surface area contributed by atoms with Crippen LogP contribution < -0.4 is 0 Å². The minimum absolute atomic E-state index is 0.570. The fourth-order valence-electron chi connectivity index (χ4n) is 2.15. The lowest BCUT2D eigenvalue weighted by Gasteiger charge is -2.07. The second-order valence-corrected chi connectivity index (χ2v) is 4.54. The summed E-state index contributed by atoms with van der Waals surface area (Å²) in [6.07, 6.45) is 0. The molecule has 0 saturated carbocycles. The van der Waals surface area contributed by atoms with Crippen molar-refractivity contribution in [3.63, 3.8) is 0 Å². The average Bonchev–Trinajstić information content (AvgIpc) is 2.86. The molecule has 19 heavy (non-hydrogen) atoms. The van der Waals surface area contributed by atoms with Crippen LogP contribution in [0.4, 0.5) is 0 Å². The van der Waals surface area contributed by atoms with Gasteiger partial charge in [0.05, 0.1) is 0 Å². The third-order valence-electron chi connectivity index (χ3n) is 3.09. The maximum absolute atomic E-state index is 5.19. The molecule has 0 aliphatic carbocycles. The number of nitrogens with zero attached hydrogens (tertiary/aromatic N) is 2. The van der Waals surface area contributed by atoms with E-state index < -0.39 is 0 Å². The molecule has 0 saturated heterocycles. The number of aryl methyl sites for hydroxylation is 2. The molecule has 0 bridgehead atoms. The van der Waals surface area contributed by atoms with Crippen molar-refractivity contribution in [3.8, 4) is 22.6 Å². The van der Waals surface area contributed by atoms with E-state index in [9.17, 15) is 0 Å². The van der Waals surface area contributed by atoms with Crippen LogP contribution in [0.3, 0.4) is 0 Å². The summed E-state index contributed by atoms with van der Waals surface area (Å²) in [5.74, 6) is 1.22. The predicted octanol–water partition coefficient (Wildman–Crippen LogP) is 4.02. The van der Waals surface area contributed by atoms with Gasteiger partial charge < -0.3 is 4.52 Å². The van der Waals surface area contributed by atoms with Gasteiger partial charge in [-0.15, -0.1) is 0 Å². The van der Waals surface area contributed by atoms with E-state index in [4.69, 9.17) is 4.52 Å². The van der Waals surface area contributed by atoms with Gasteiger partial charge in [0.25, 0.3) is 5.89 Å². The molecule has 0 atom stereocenters. The fourth-order valence-corrected chi connectivity index (χ4v) is 2.15. The van der Waals surface area contributed by atoms with Gasteiger partial charge in [-0.2, -0.15) is 4.98 Å². The third-order valence-corrected chi connectivity index (χ3v) is 3.09. The molecule has 1 aromatic heterocycles. The molecule has 0 fully saturated rings. The molecule has 0 amide bonds. The first kappa shape index (κ1) is 11.7. The molecule has 0 radical (unpaired) electrons. The first-order valence-corrected chi connectivity index (χ1v) is 6.21. The fraction of sp³-hybridized carbons (Fsp3) is 0.125. The molecule has 0 aliphatic heterocycles. The second kappa shape index (κ2) is 4.69. The molecule has 1 heterocycles. The van der Waals surface area contributed by atoms with Gasteiger partial charge in [-0.1, -0.05) is 41.6 Å². The summed E-state index contributed by atoms with van der Waals surface area (Å²) >= 11 is 0. The smallest absolute Gasteiger partial charge is 0.257 e. The van der Waals surface area contributed by atoms with Crippen LogP contribution in [0.15, 0.2) is 53.1 Å². The van der Waals surface area contributed by atoms with Gasteiger partial charge in [-0.05, 0) is 42.7 Å². The summed E-state index contributed by atoms with van der Waals surface area (Å²) in [5.41, 5.74) is 4.59. The van der Waals surface area contributed by atoms with Gasteiger partial charge in [0.1, 0.15) is 0 Å². The van der Waals surface area contributed by atoms with Gasteiger partial charge in [-0.25, -0.2) is 0 Å². The minimum Gasteiger partial charge on any atom is -0.334 e. The van der Waals surface area contributed by atoms with Crippen molar-refractivity contribution >= 4 is 0 Å². The topological polar surface area (TPSA) is 38.9 Å². The zero-order chi connectivity index (χ0) is 13.2. The molecule has 3 aromatic rings. The van der Waals surface area contributed by atoms with E-state index in [2.05, 4.69) is 41.3 Å². The molecule has 3 rings (SSSR count). The number of rotatable bonds is 2. The maximum atomic E-state index is 5.19. The van der Waals surface area contributed by atoms with Crippen molar-refractivity contribution < 1.29 is 4.52 Å². The van der Waals surface area contributed by atoms with Gasteiger partial charge in [0.15, 0.2) is 5.82 Å². The van der Waals surface area contributed by atoms with Gasteiger partial charge in [0, 0.05) is 5.56 Å². The van der Waals surface area contributed by atoms with E-state index in [0.29, 0.717) is 11.7 Å². The molecule has 0 spiro atoms. The first-order valence-electron chi connectivity index (χ1n) is 6.21. The van der Waals surface area contributed by atoms with Gasteiger partial charge in [0.2, 0.25) is 0 Å². The summed E-state index contributed by atoms with van der Waals surface area (Å²) in [5, 5.41) is 3.82. The zero-order valence-electron chi connectivity index (χ0n) is 10.9. The largest absolute Gasteiger partial charge is 0.334 e. The lowest BCUT2D eigenvalue weighted by Crippen LogP contribution is -1.85. The summed E-state index contributed by atoms with van der Waals surface area (Å²) in [6.45, 7) is 3.91. The maximum Gasteiger partial charge on any atom is 0.257 e. The van der Waals surface area contributed by atoms with Crippen LogP contribution >= 0.6 is 0 Å². The first-order chi connectivity index (χ1) is 9.24. The molecule has 0 N–H and O–H groups in total. The van der Waals surface area contributed by atoms with E-state index in [0.717, 1.165) is 5.56 Å². The SMILES string of the molecule is Cc1noc(-c2ccc(-c3ccccc3)c(C)c2)n1. The number of benzene rings is 2. The van der Waals surface area contributed by atoms with E-state index in [1.807, 2.05) is 31.2 Å². The molecule has 0 aliphatic rings. The van der Waals surface area contributed by atoms with E-state index >= 15 is 0 Å². The van der Waals surface area contributed by atoms with Crippen LogP contribution in [-0.2, 0) is 0 Å². The highest BCUT2D eigenvalue weighted by Gasteiger charge is 2.08. The predicted molar refractivity (Wildman–Crippen MR) is 74.6 cm³/mol. The summed E-state index contributed by atoms with van der Waals surface area (Å²) in [7, 11) is 0. The van der Waals surface area contributed by atoms with Crippen molar-refractivity contribution in [1.29, 1.82) is 0 Å². The molecule has 3 nitrogen and oxygen atoms in total. The minimum atomic E-state index is 0.570. The summed E-state index contributed by atoms with van der Waals surface area (Å²) < 4.78 is 5.19.